The molecule has 1 amide bonds. The van der Waals surface area contributed by atoms with Crippen LogP contribution in [-0.2, 0) is 4.74 Å². The van der Waals surface area contributed by atoms with Gasteiger partial charge in [-0.3, -0.25) is 4.79 Å². The quantitative estimate of drug-likeness (QED) is 0.848. The molecule has 2 N–H and O–H groups in total. The number of amides is 1. The molecule has 2 rings (SSSR count). The lowest BCUT2D eigenvalue weighted by molar-refractivity contribution is 0.0519. The van der Waals surface area contributed by atoms with Crippen LogP contribution in [0.4, 0.5) is 14.5 Å². The standard InChI is InChI=1S/C16H16F2N2O3/c1-4-23-16(22)14-8(2)13(9(3)19-14)15(21)20-12-7-10(17)5-6-11(12)18/h5-7,19H,4H2,1-3H3,(H,20,21). The van der Waals surface area contributed by atoms with Gasteiger partial charge in [0, 0.05) is 11.8 Å². The molecule has 0 aliphatic rings. The van der Waals surface area contributed by atoms with Crippen molar-refractivity contribution in [1.29, 1.82) is 0 Å². The van der Waals surface area contributed by atoms with Gasteiger partial charge in [-0.05, 0) is 38.5 Å². The average Bonchev–Trinajstić information content (AvgIpc) is 2.78. The highest BCUT2D eigenvalue weighted by Crippen LogP contribution is 2.22. The number of anilines is 1. The third-order valence-corrected chi connectivity index (χ3v) is 3.32. The van der Waals surface area contributed by atoms with Gasteiger partial charge < -0.3 is 15.0 Å². The van der Waals surface area contributed by atoms with E-state index in [9.17, 15) is 18.4 Å². The number of nitrogens with one attached hydrogen (secondary N) is 2. The first-order chi connectivity index (χ1) is 10.8. The van der Waals surface area contributed by atoms with Crippen molar-refractivity contribution >= 4 is 17.6 Å². The Bertz CT molecular complexity index is 769. The van der Waals surface area contributed by atoms with Crippen LogP contribution in [0.15, 0.2) is 18.2 Å². The molecule has 0 saturated heterocycles. The Labute approximate surface area is 131 Å². The molecule has 0 unspecified atom stereocenters. The Morgan fingerprint density at radius 2 is 1.96 bits per heavy atom. The summed E-state index contributed by atoms with van der Waals surface area (Å²) >= 11 is 0. The second-order valence-corrected chi connectivity index (χ2v) is 4.92. The largest absolute Gasteiger partial charge is 0.461 e. The molecule has 122 valence electrons. The monoisotopic (exact) mass is 322 g/mol. The van der Waals surface area contributed by atoms with Gasteiger partial charge >= 0.3 is 5.97 Å². The highest BCUT2D eigenvalue weighted by molar-refractivity contribution is 6.08. The third kappa shape index (κ3) is 3.39. The van der Waals surface area contributed by atoms with E-state index in [-0.39, 0.29) is 23.6 Å². The van der Waals surface area contributed by atoms with Gasteiger partial charge in [0.25, 0.3) is 5.91 Å². The minimum Gasteiger partial charge on any atom is -0.461 e. The molecular weight excluding hydrogens is 306 g/mol. The summed E-state index contributed by atoms with van der Waals surface area (Å²) in [5, 5.41) is 2.31. The Balaban J connectivity index is 2.33. The summed E-state index contributed by atoms with van der Waals surface area (Å²) in [5.41, 5.74) is 0.897. The van der Waals surface area contributed by atoms with Crippen LogP contribution in [-0.4, -0.2) is 23.5 Å². The number of halogens is 2. The molecule has 0 bridgehead atoms. The van der Waals surface area contributed by atoms with Crippen molar-refractivity contribution in [3.63, 3.8) is 0 Å². The third-order valence-electron chi connectivity index (χ3n) is 3.32. The molecule has 2 aromatic rings. The number of ether oxygens (including phenoxy) is 1. The molecule has 1 heterocycles. The van der Waals surface area contributed by atoms with Crippen LogP contribution in [0.5, 0.6) is 0 Å². The molecule has 0 atom stereocenters. The van der Waals surface area contributed by atoms with E-state index in [1.165, 1.54) is 0 Å². The van der Waals surface area contributed by atoms with Gasteiger partial charge in [0.15, 0.2) is 0 Å². The molecule has 7 heteroatoms. The number of aromatic nitrogens is 1. The zero-order valence-corrected chi connectivity index (χ0v) is 12.9. The maximum atomic E-state index is 13.6. The normalized spacial score (nSPS) is 10.5. The molecule has 0 aliphatic carbocycles. The van der Waals surface area contributed by atoms with E-state index < -0.39 is 23.5 Å². The molecule has 1 aromatic carbocycles. The van der Waals surface area contributed by atoms with Crippen molar-refractivity contribution in [1.82, 2.24) is 4.98 Å². The topological polar surface area (TPSA) is 71.2 Å². The lowest BCUT2D eigenvalue weighted by atomic mass is 10.1. The number of benzene rings is 1. The van der Waals surface area contributed by atoms with E-state index in [4.69, 9.17) is 4.74 Å². The molecule has 5 nitrogen and oxygen atoms in total. The number of hydrogen-bond donors (Lipinski definition) is 2. The zero-order valence-electron chi connectivity index (χ0n) is 12.9. The van der Waals surface area contributed by atoms with Gasteiger partial charge in [-0.1, -0.05) is 0 Å². The van der Waals surface area contributed by atoms with Crippen LogP contribution < -0.4 is 5.32 Å². The van der Waals surface area contributed by atoms with Crippen LogP contribution in [0.25, 0.3) is 0 Å². The first-order valence-electron chi connectivity index (χ1n) is 6.97. The lowest BCUT2D eigenvalue weighted by Crippen LogP contribution is -2.15. The fraction of sp³-hybridized carbons (Fsp3) is 0.250. The summed E-state index contributed by atoms with van der Waals surface area (Å²) in [5.74, 6) is -2.65. The fourth-order valence-corrected chi connectivity index (χ4v) is 2.28. The number of rotatable bonds is 4. The van der Waals surface area contributed by atoms with Gasteiger partial charge in [0.2, 0.25) is 0 Å². The molecule has 0 aliphatic heterocycles. The second kappa shape index (κ2) is 6.60. The van der Waals surface area contributed by atoms with Crippen molar-refractivity contribution in [3.8, 4) is 0 Å². The Morgan fingerprint density at radius 3 is 2.61 bits per heavy atom. The van der Waals surface area contributed by atoms with Crippen LogP contribution in [0, 0.1) is 25.5 Å². The molecule has 0 fully saturated rings. The molecular formula is C16H16F2N2O3. The molecule has 1 aromatic heterocycles. The predicted octanol–water partition coefficient (Wildman–Crippen LogP) is 3.34. The van der Waals surface area contributed by atoms with Crippen molar-refractivity contribution in [3.05, 3.63) is 52.3 Å². The minimum atomic E-state index is -0.754. The predicted molar refractivity (Wildman–Crippen MR) is 80.5 cm³/mol. The van der Waals surface area contributed by atoms with Gasteiger partial charge in [0.05, 0.1) is 17.9 Å². The second-order valence-electron chi connectivity index (χ2n) is 4.92. The summed E-state index contributed by atoms with van der Waals surface area (Å²) in [6.45, 7) is 5.05. The number of carbonyl (C=O) groups excluding carboxylic acids is 2. The van der Waals surface area contributed by atoms with E-state index in [1.807, 2.05) is 0 Å². The maximum Gasteiger partial charge on any atom is 0.355 e. The molecule has 0 radical (unpaired) electrons. The number of esters is 1. The van der Waals surface area contributed by atoms with Crippen molar-refractivity contribution < 1.29 is 23.1 Å². The van der Waals surface area contributed by atoms with Crippen LogP contribution in [0.1, 0.15) is 39.0 Å². The average molecular weight is 322 g/mol. The fourth-order valence-electron chi connectivity index (χ4n) is 2.28. The van der Waals surface area contributed by atoms with Crippen molar-refractivity contribution in [2.24, 2.45) is 0 Å². The SMILES string of the molecule is CCOC(=O)c1[nH]c(C)c(C(=O)Nc2cc(F)ccc2F)c1C. The molecule has 0 spiro atoms. The first-order valence-corrected chi connectivity index (χ1v) is 6.97. The lowest BCUT2D eigenvalue weighted by Gasteiger charge is -2.07. The van der Waals surface area contributed by atoms with Crippen molar-refractivity contribution in [2.75, 3.05) is 11.9 Å². The summed E-state index contributed by atoms with van der Waals surface area (Å²) in [4.78, 5) is 26.9. The minimum absolute atomic E-state index is 0.161. The Morgan fingerprint density at radius 1 is 1.26 bits per heavy atom. The summed E-state index contributed by atoms with van der Waals surface area (Å²) in [6, 6.07) is 2.76. The number of hydrogen-bond acceptors (Lipinski definition) is 3. The zero-order chi connectivity index (χ0) is 17.1. The highest BCUT2D eigenvalue weighted by atomic mass is 19.1. The van der Waals surface area contributed by atoms with E-state index >= 15 is 0 Å². The summed E-state index contributed by atoms with van der Waals surface area (Å²) in [6.07, 6.45) is 0. The van der Waals surface area contributed by atoms with Crippen LogP contribution in [0.3, 0.4) is 0 Å². The van der Waals surface area contributed by atoms with Gasteiger partial charge in [0.1, 0.15) is 17.3 Å². The number of carbonyl (C=O) groups is 2. The Hall–Kier alpha value is -2.70. The molecule has 0 saturated carbocycles. The van der Waals surface area contributed by atoms with E-state index in [0.717, 1.165) is 18.2 Å². The van der Waals surface area contributed by atoms with Crippen molar-refractivity contribution in [2.45, 2.75) is 20.8 Å². The van der Waals surface area contributed by atoms with E-state index in [0.29, 0.717) is 11.3 Å². The number of aryl methyl sites for hydroxylation is 1. The first kappa shape index (κ1) is 16.7. The van der Waals surface area contributed by atoms with Crippen LogP contribution in [0.2, 0.25) is 0 Å². The number of H-pyrrole nitrogens is 1. The molecule has 23 heavy (non-hydrogen) atoms. The van der Waals surface area contributed by atoms with E-state index in [2.05, 4.69) is 10.3 Å². The number of aromatic amines is 1. The van der Waals surface area contributed by atoms with Gasteiger partial charge in [-0.15, -0.1) is 0 Å². The summed E-state index contributed by atoms with van der Waals surface area (Å²) < 4.78 is 31.7. The van der Waals surface area contributed by atoms with Gasteiger partial charge in [-0.25, -0.2) is 13.6 Å². The highest BCUT2D eigenvalue weighted by Gasteiger charge is 2.23. The maximum absolute atomic E-state index is 13.6. The van der Waals surface area contributed by atoms with Gasteiger partial charge in [-0.2, -0.15) is 0 Å². The van der Waals surface area contributed by atoms with Crippen LogP contribution >= 0.6 is 0 Å². The smallest absolute Gasteiger partial charge is 0.355 e. The summed E-state index contributed by atoms with van der Waals surface area (Å²) in [7, 11) is 0. The van der Waals surface area contributed by atoms with E-state index in [1.54, 1.807) is 20.8 Å². The Kier molecular flexibility index (Phi) is 4.78.